The Balaban J connectivity index is 1.53. The SMILES string of the molecule is O=C(Cc1ccc(F)cc1)Nc1ccc2c(c1)C1(CCCCC1)C(=O)N2. The smallest absolute Gasteiger partial charge is 0.235 e. The fourth-order valence-corrected chi connectivity index (χ4v) is 4.14. The van der Waals surface area contributed by atoms with Crippen LogP contribution >= 0.6 is 0 Å². The Labute approximate surface area is 151 Å². The average molecular weight is 352 g/mol. The third-order valence-corrected chi connectivity index (χ3v) is 5.49. The summed E-state index contributed by atoms with van der Waals surface area (Å²) in [6.45, 7) is 0. The second kappa shape index (κ2) is 6.56. The zero-order chi connectivity index (χ0) is 18.1. The van der Waals surface area contributed by atoms with Gasteiger partial charge in [-0.2, -0.15) is 0 Å². The van der Waals surface area contributed by atoms with Crippen LogP contribution in [0.2, 0.25) is 0 Å². The number of anilines is 2. The van der Waals surface area contributed by atoms with E-state index in [9.17, 15) is 14.0 Å². The minimum absolute atomic E-state index is 0.0852. The lowest BCUT2D eigenvalue weighted by Gasteiger charge is -2.31. The average Bonchev–Trinajstić information content (AvgIpc) is 2.89. The summed E-state index contributed by atoms with van der Waals surface area (Å²) >= 11 is 0. The van der Waals surface area contributed by atoms with Gasteiger partial charge in [0.05, 0.1) is 11.8 Å². The molecular formula is C21H21FN2O2. The molecule has 0 atom stereocenters. The standard InChI is InChI=1S/C21H21FN2O2/c22-15-6-4-14(5-7-15)12-19(25)23-16-8-9-18-17(13-16)21(20(26)24-18)10-2-1-3-11-21/h4-9,13H,1-3,10-12H2,(H,23,25)(H,24,26). The minimum Gasteiger partial charge on any atom is -0.326 e. The summed E-state index contributed by atoms with van der Waals surface area (Å²) in [4.78, 5) is 24.9. The largest absolute Gasteiger partial charge is 0.326 e. The molecule has 0 unspecified atom stereocenters. The quantitative estimate of drug-likeness (QED) is 0.871. The van der Waals surface area contributed by atoms with Crippen molar-refractivity contribution in [3.05, 3.63) is 59.4 Å². The van der Waals surface area contributed by atoms with Gasteiger partial charge in [0.25, 0.3) is 0 Å². The Bertz CT molecular complexity index is 855. The zero-order valence-corrected chi connectivity index (χ0v) is 14.5. The maximum atomic E-state index is 13.0. The van der Waals surface area contributed by atoms with Gasteiger partial charge in [-0.25, -0.2) is 4.39 Å². The maximum absolute atomic E-state index is 13.0. The van der Waals surface area contributed by atoms with Crippen molar-refractivity contribution in [1.82, 2.24) is 0 Å². The summed E-state index contributed by atoms with van der Waals surface area (Å²) in [6.07, 6.45) is 5.16. The zero-order valence-electron chi connectivity index (χ0n) is 14.5. The molecule has 0 bridgehead atoms. The number of benzene rings is 2. The second-order valence-electron chi connectivity index (χ2n) is 7.21. The van der Waals surface area contributed by atoms with E-state index in [2.05, 4.69) is 10.6 Å². The summed E-state index contributed by atoms with van der Waals surface area (Å²) < 4.78 is 13.0. The van der Waals surface area contributed by atoms with E-state index in [1.807, 2.05) is 18.2 Å². The molecule has 0 aromatic heterocycles. The molecule has 2 aliphatic rings. The fourth-order valence-electron chi connectivity index (χ4n) is 4.14. The van der Waals surface area contributed by atoms with Crippen LogP contribution < -0.4 is 10.6 Å². The highest BCUT2D eigenvalue weighted by Gasteiger charge is 2.47. The van der Waals surface area contributed by atoms with Gasteiger partial charge in [0.2, 0.25) is 11.8 Å². The molecule has 2 aromatic rings. The maximum Gasteiger partial charge on any atom is 0.235 e. The summed E-state index contributed by atoms with van der Waals surface area (Å²) in [5.74, 6) is -0.392. The Morgan fingerprint density at radius 1 is 1.08 bits per heavy atom. The van der Waals surface area contributed by atoms with E-state index >= 15 is 0 Å². The number of rotatable bonds is 3. The Morgan fingerprint density at radius 3 is 2.54 bits per heavy atom. The Hall–Kier alpha value is -2.69. The molecule has 134 valence electrons. The first kappa shape index (κ1) is 16.8. The van der Waals surface area contributed by atoms with E-state index in [4.69, 9.17) is 0 Å². The summed E-state index contributed by atoms with van der Waals surface area (Å²) in [7, 11) is 0. The molecule has 4 nitrogen and oxygen atoms in total. The first-order chi connectivity index (χ1) is 12.6. The van der Waals surface area contributed by atoms with Crippen molar-refractivity contribution in [2.75, 3.05) is 10.6 Å². The summed E-state index contributed by atoms with van der Waals surface area (Å²) in [6, 6.07) is 11.5. The van der Waals surface area contributed by atoms with Crippen molar-refractivity contribution >= 4 is 23.2 Å². The van der Waals surface area contributed by atoms with Gasteiger partial charge >= 0.3 is 0 Å². The first-order valence-corrected chi connectivity index (χ1v) is 9.07. The Morgan fingerprint density at radius 2 is 1.81 bits per heavy atom. The van der Waals surface area contributed by atoms with Crippen LogP contribution in [0.4, 0.5) is 15.8 Å². The summed E-state index contributed by atoms with van der Waals surface area (Å²) in [5.41, 5.74) is 2.86. The highest BCUT2D eigenvalue weighted by molar-refractivity contribution is 6.07. The van der Waals surface area contributed by atoms with Gasteiger partial charge in [-0.05, 0) is 54.3 Å². The van der Waals surface area contributed by atoms with Crippen molar-refractivity contribution in [3.63, 3.8) is 0 Å². The van der Waals surface area contributed by atoms with E-state index in [1.165, 1.54) is 18.6 Å². The number of carbonyl (C=O) groups excluding carboxylic acids is 2. The van der Waals surface area contributed by atoms with Crippen LogP contribution in [-0.4, -0.2) is 11.8 Å². The molecule has 2 aromatic carbocycles. The van der Waals surface area contributed by atoms with E-state index in [0.29, 0.717) is 5.69 Å². The van der Waals surface area contributed by atoms with Crippen molar-refractivity contribution in [2.24, 2.45) is 0 Å². The van der Waals surface area contributed by atoms with Crippen LogP contribution in [0.25, 0.3) is 0 Å². The second-order valence-corrected chi connectivity index (χ2v) is 7.21. The van der Waals surface area contributed by atoms with Crippen LogP contribution in [0.3, 0.4) is 0 Å². The van der Waals surface area contributed by atoms with Gasteiger partial charge in [0.15, 0.2) is 0 Å². The van der Waals surface area contributed by atoms with Crippen LogP contribution in [0.1, 0.15) is 43.2 Å². The van der Waals surface area contributed by atoms with E-state index in [1.54, 1.807) is 12.1 Å². The number of fused-ring (bicyclic) bond motifs is 2. The molecule has 1 spiro atoms. The Kier molecular flexibility index (Phi) is 4.23. The highest BCUT2D eigenvalue weighted by Crippen LogP contribution is 2.48. The van der Waals surface area contributed by atoms with Crippen molar-refractivity contribution < 1.29 is 14.0 Å². The molecule has 5 heteroatoms. The number of carbonyl (C=O) groups is 2. The molecule has 2 N–H and O–H groups in total. The molecule has 4 rings (SSSR count). The topological polar surface area (TPSA) is 58.2 Å². The highest BCUT2D eigenvalue weighted by atomic mass is 19.1. The van der Waals surface area contributed by atoms with Crippen LogP contribution in [0.5, 0.6) is 0 Å². The number of amides is 2. The molecule has 1 saturated carbocycles. The van der Waals surface area contributed by atoms with Gasteiger partial charge in [-0.15, -0.1) is 0 Å². The molecule has 1 heterocycles. The third kappa shape index (κ3) is 2.98. The molecule has 26 heavy (non-hydrogen) atoms. The van der Waals surface area contributed by atoms with Crippen molar-refractivity contribution in [3.8, 4) is 0 Å². The number of hydrogen-bond donors (Lipinski definition) is 2. The lowest BCUT2D eigenvalue weighted by molar-refractivity contribution is -0.122. The van der Waals surface area contributed by atoms with Crippen LogP contribution in [-0.2, 0) is 21.4 Å². The predicted octanol–water partition coefficient (Wildman–Crippen LogP) is 4.16. The van der Waals surface area contributed by atoms with E-state index in [0.717, 1.165) is 42.5 Å². The van der Waals surface area contributed by atoms with Gasteiger partial charge in [-0.1, -0.05) is 31.4 Å². The molecule has 1 aliphatic heterocycles. The van der Waals surface area contributed by atoms with Crippen molar-refractivity contribution in [2.45, 2.75) is 43.9 Å². The van der Waals surface area contributed by atoms with Crippen LogP contribution in [0, 0.1) is 5.82 Å². The number of hydrogen-bond acceptors (Lipinski definition) is 2. The lowest BCUT2D eigenvalue weighted by Crippen LogP contribution is -2.36. The minimum atomic E-state index is -0.439. The van der Waals surface area contributed by atoms with Gasteiger partial charge in [0.1, 0.15) is 5.82 Å². The molecule has 1 aliphatic carbocycles. The number of halogens is 1. The fraction of sp³-hybridized carbons (Fsp3) is 0.333. The normalized spacial score (nSPS) is 17.7. The lowest BCUT2D eigenvalue weighted by atomic mass is 9.70. The van der Waals surface area contributed by atoms with E-state index in [-0.39, 0.29) is 24.1 Å². The molecular weight excluding hydrogens is 331 g/mol. The van der Waals surface area contributed by atoms with Crippen LogP contribution in [0.15, 0.2) is 42.5 Å². The van der Waals surface area contributed by atoms with Crippen molar-refractivity contribution in [1.29, 1.82) is 0 Å². The predicted molar refractivity (Wildman–Crippen MR) is 98.6 cm³/mol. The van der Waals surface area contributed by atoms with E-state index < -0.39 is 5.41 Å². The summed E-state index contributed by atoms with van der Waals surface area (Å²) in [5, 5.41) is 5.90. The molecule has 0 saturated heterocycles. The van der Waals surface area contributed by atoms with Gasteiger partial charge in [0, 0.05) is 11.4 Å². The first-order valence-electron chi connectivity index (χ1n) is 9.07. The number of nitrogens with one attached hydrogen (secondary N) is 2. The molecule has 0 radical (unpaired) electrons. The molecule has 1 fully saturated rings. The van der Waals surface area contributed by atoms with Gasteiger partial charge in [-0.3, -0.25) is 9.59 Å². The van der Waals surface area contributed by atoms with Gasteiger partial charge < -0.3 is 10.6 Å². The monoisotopic (exact) mass is 352 g/mol. The third-order valence-electron chi connectivity index (χ3n) is 5.49. The molecule has 2 amide bonds.